The molecule has 1 aromatic heterocycles. The lowest BCUT2D eigenvalue weighted by Crippen LogP contribution is -2.47. The topological polar surface area (TPSA) is 87.4 Å². The van der Waals surface area contributed by atoms with Crippen LogP contribution in [0.2, 0.25) is 5.02 Å². The molecule has 0 bridgehead atoms. The minimum absolute atomic E-state index is 0.223. The molecule has 1 fully saturated rings. The van der Waals surface area contributed by atoms with Crippen LogP contribution in [0, 0.1) is 0 Å². The van der Waals surface area contributed by atoms with Crippen LogP contribution in [0.4, 0.5) is 11.5 Å². The number of nitrogens with zero attached hydrogens (tertiary/aromatic N) is 3. The van der Waals surface area contributed by atoms with Gasteiger partial charge in [-0.15, -0.1) is 0 Å². The highest BCUT2D eigenvalue weighted by Crippen LogP contribution is 2.21. The Morgan fingerprint density at radius 2 is 1.92 bits per heavy atom. The molecular formula is C16H20ClN5O2. The maximum atomic E-state index is 12.0. The van der Waals surface area contributed by atoms with Gasteiger partial charge in [-0.25, -0.2) is 4.79 Å². The molecule has 0 aliphatic carbocycles. The molecule has 0 radical (unpaired) electrons. The number of hydrogen-bond donors (Lipinski definition) is 2. The molecule has 1 aliphatic heterocycles. The van der Waals surface area contributed by atoms with Crippen molar-refractivity contribution in [2.75, 3.05) is 36.8 Å². The number of nitrogens with one attached hydrogen (secondary N) is 1. The van der Waals surface area contributed by atoms with E-state index in [1.807, 2.05) is 24.3 Å². The number of piperazine rings is 1. The lowest BCUT2D eigenvalue weighted by Gasteiger charge is -2.36. The molecular weight excluding hydrogens is 330 g/mol. The van der Waals surface area contributed by atoms with E-state index in [9.17, 15) is 9.59 Å². The molecule has 0 spiro atoms. The molecule has 8 heteroatoms. The zero-order valence-electron chi connectivity index (χ0n) is 13.5. The number of anilines is 2. The highest BCUT2D eigenvalue weighted by molar-refractivity contribution is 6.30. The smallest absolute Gasteiger partial charge is 0.329 e. The molecule has 3 rings (SSSR count). The zero-order chi connectivity index (χ0) is 17.3. The van der Waals surface area contributed by atoms with Crippen molar-refractivity contribution in [1.82, 2.24) is 14.5 Å². The number of rotatable bonds is 3. The van der Waals surface area contributed by atoms with Crippen LogP contribution >= 0.6 is 11.6 Å². The molecule has 1 aromatic carbocycles. The molecule has 0 saturated carbocycles. The van der Waals surface area contributed by atoms with E-state index in [0.717, 1.165) is 36.9 Å². The van der Waals surface area contributed by atoms with Gasteiger partial charge >= 0.3 is 5.69 Å². The highest BCUT2D eigenvalue weighted by Gasteiger charge is 2.20. The predicted molar refractivity (Wildman–Crippen MR) is 95.7 cm³/mol. The summed E-state index contributed by atoms with van der Waals surface area (Å²) in [7, 11) is 1.55. The van der Waals surface area contributed by atoms with E-state index in [2.05, 4.69) is 14.8 Å². The SMILES string of the molecule is Cn1c(N)c(CN2CCN(c3cccc(Cl)c3)CC2)c(=O)[nH]c1=O. The standard InChI is InChI=1S/C16H20ClN5O2/c1-20-14(18)13(15(23)19-16(20)24)10-21-5-7-22(8-6-21)12-4-2-3-11(17)9-12/h2-4,9H,5-8,10,18H2,1H3,(H,19,23,24). The van der Waals surface area contributed by atoms with Gasteiger partial charge in [-0.1, -0.05) is 17.7 Å². The molecule has 2 heterocycles. The lowest BCUT2D eigenvalue weighted by atomic mass is 10.2. The van der Waals surface area contributed by atoms with Gasteiger partial charge in [-0.2, -0.15) is 0 Å². The van der Waals surface area contributed by atoms with Crippen LogP contribution in [0.3, 0.4) is 0 Å². The number of nitrogens with two attached hydrogens (primary N) is 1. The monoisotopic (exact) mass is 349 g/mol. The Labute approximate surface area is 144 Å². The number of halogens is 1. The van der Waals surface area contributed by atoms with E-state index in [-0.39, 0.29) is 5.82 Å². The molecule has 0 unspecified atom stereocenters. The van der Waals surface area contributed by atoms with Gasteiger partial charge in [0.2, 0.25) is 0 Å². The summed E-state index contributed by atoms with van der Waals surface area (Å²) in [6.07, 6.45) is 0. The number of H-pyrrole nitrogens is 1. The highest BCUT2D eigenvalue weighted by atomic mass is 35.5. The van der Waals surface area contributed by atoms with E-state index in [4.69, 9.17) is 17.3 Å². The van der Waals surface area contributed by atoms with Crippen molar-refractivity contribution in [2.45, 2.75) is 6.54 Å². The first kappa shape index (κ1) is 16.6. The Hall–Kier alpha value is -2.25. The summed E-state index contributed by atoms with van der Waals surface area (Å²) >= 11 is 6.05. The number of hydrogen-bond acceptors (Lipinski definition) is 5. The summed E-state index contributed by atoms with van der Waals surface area (Å²) in [6.45, 7) is 3.70. The average molecular weight is 350 g/mol. The van der Waals surface area contributed by atoms with Crippen LogP contribution in [-0.4, -0.2) is 40.6 Å². The van der Waals surface area contributed by atoms with Crippen molar-refractivity contribution in [3.63, 3.8) is 0 Å². The van der Waals surface area contributed by atoms with Crippen molar-refractivity contribution >= 4 is 23.1 Å². The van der Waals surface area contributed by atoms with Gasteiger partial charge in [0.25, 0.3) is 5.56 Å². The van der Waals surface area contributed by atoms with Crippen molar-refractivity contribution in [3.8, 4) is 0 Å². The first-order valence-corrected chi connectivity index (χ1v) is 8.14. The zero-order valence-corrected chi connectivity index (χ0v) is 14.2. The third-order valence-electron chi connectivity index (χ3n) is 4.40. The molecule has 2 aromatic rings. The van der Waals surface area contributed by atoms with Gasteiger partial charge in [-0.05, 0) is 18.2 Å². The van der Waals surface area contributed by atoms with Crippen LogP contribution in [0.5, 0.6) is 0 Å². The van der Waals surface area contributed by atoms with Gasteiger partial charge < -0.3 is 10.6 Å². The van der Waals surface area contributed by atoms with E-state index in [1.54, 1.807) is 7.05 Å². The predicted octanol–water partition coefficient (Wildman–Crippen LogP) is 0.631. The largest absolute Gasteiger partial charge is 0.385 e. The number of benzene rings is 1. The van der Waals surface area contributed by atoms with E-state index >= 15 is 0 Å². The minimum atomic E-state index is -0.493. The van der Waals surface area contributed by atoms with E-state index < -0.39 is 11.2 Å². The molecule has 1 aliphatic rings. The summed E-state index contributed by atoms with van der Waals surface area (Å²) in [5.74, 6) is 0.223. The summed E-state index contributed by atoms with van der Waals surface area (Å²) < 4.78 is 1.26. The Morgan fingerprint density at radius 3 is 2.58 bits per heavy atom. The summed E-state index contributed by atoms with van der Waals surface area (Å²) in [6, 6.07) is 7.79. The van der Waals surface area contributed by atoms with Crippen LogP contribution in [0.1, 0.15) is 5.56 Å². The first-order valence-electron chi connectivity index (χ1n) is 7.76. The first-order chi connectivity index (χ1) is 11.5. The second-order valence-electron chi connectivity index (χ2n) is 5.93. The van der Waals surface area contributed by atoms with Gasteiger partial charge in [0, 0.05) is 50.5 Å². The van der Waals surface area contributed by atoms with E-state index in [0.29, 0.717) is 12.1 Å². The summed E-state index contributed by atoms with van der Waals surface area (Å²) in [5, 5.41) is 0.722. The molecule has 24 heavy (non-hydrogen) atoms. The third-order valence-corrected chi connectivity index (χ3v) is 4.63. The molecule has 7 nitrogen and oxygen atoms in total. The Kier molecular flexibility index (Phi) is 4.64. The van der Waals surface area contributed by atoms with Gasteiger partial charge in [-0.3, -0.25) is 19.2 Å². The summed E-state index contributed by atoms with van der Waals surface area (Å²) in [5.41, 5.74) is 6.56. The average Bonchev–Trinajstić information content (AvgIpc) is 2.57. The normalized spacial score (nSPS) is 15.7. The van der Waals surface area contributed by atoms with Crippen LogP contribution in [0.25, 0.3) is 0 Å². The Balaban J connectivity index is 1.69. The number of aromatic nitrogens is 2. The second kappa shape index (κ2) is 6.70. The number of nitrogen functional groups attached to an aromatic ring is 1. The van der Waals surface area contributed by atoms with Gasteiger partial charge in [0.15, 0.2) is 0 Å². The Morgan fingerprint density at radius 1 is 1.21 bits per heavy atom. The third kappa shape index (κ3) is 3.32. The van der Waals surface area contributed by atoms with Gasteiger partial charge in [0.05, 0.1) is 5.56 Å². The fourth-order valence-corrected chi connectivity index (χ4v) is 3.08. The minimum Gasteiger partial charge on any atom is -0.385 e. The maximum Gasteiger partial charge on any atom is 0.329 e. The number of aromatic amines is 1. The van der Waals surface area contributed by atoms with E-state index in [1.165, 1.54) is 4.57 Å². The fourth-order valence-electron chi connectivity index (χ4n) is 2.90. The summed E-state index contributed by atoms with van der Waals surface area (Å²) in [4.78, 5) is 30.3. The second-order valence-corrected chi connectivity index (χ2v) is 6.36. The van der Waals surface area contributed by atoms with Crippen molar-refractivity contribution in [1.29, 1.82) is 0 Å². The quantitative estimate of drug-likeness (QED) is 0.848. The molecule has 1 saturated heterocycles. The van der Waals surface area contributed by atoms with Crippen LogP contribution < -0.4 is 21.9 Å². The van der Waals surface area contributed by atoms with Crippen LogP contribution in [-0.2, 0) is 13.6 Å². The molecule has 128 valence electrons. The molecule has 0 amide bonds. The van der Waals surface area contributed by atoms with Crippen molar-refractivity contribution < 1.29 is 0 Å². The Bertz CT molecular complexity index is 852. The lowest BCUT2D eigenvalue weighted by molar-refractivity contribution is 0.248. The fraction of sp³-hybridized carbons (Fsp3) is 0.375. The van der Waals surface area contributed by atoms with Crippen molar-refractivity contribution in [3.05, 3.63) is 55.7 Å². The molecule has 0 atom stereocenters. The maximum absolute atomic E-state index is 12.0. The van der Waals surface area contributed by atoms with Crippen LogP contribution in [0.15, 0.2) is 33.9 Å². The van der Waals surface area contributed by atoms with Crippen molar-refractivity contribution in [2.24, 2.45) is 7.05 Å². The molecule has 3 N–H and O–H groups in total. The van der Waals surface area contributed by atoms with Gasteiger partial charge in [0.1, 0.15) is 5.82 Å².